The number of nitrogen functional groups attached to an aromatic ring is 2. The van der Waals surface area contributed by atoms with Crippen LogP contribution in [0.3, 0.4) is 0 Å². The molecule has 0 spiro atoms. The number of azo groups is 1. The van der Waals surface area contributed by atoms with Gasteiger partial charge >= 0.3 is 0 Å². The number of hydrogen-bond donors (Lipinski definition) is 4. The number of nitrogens with one attached hydrogen (secondary N) is 2. The zero-order chi connectivity index (χ0) is 18.8. The first-order valence-electron chi connectivity index (χ1n) is 8.30. The summed E-state index contributed by atoms with van der Waals surface area (Å²) in [7, 11) is 0. The maximum Gasteiger partial charge on any atom is 0.151 e. The first-order chi connectivity index (χ1) is 13.1. The fraction of sp³-hybridized carbons (Fsp3) is 0. The highest BCUT2D eigenvalue weighted by Gasteiger charge is 2.09. The molecule has 0 aliphatic carbocycles. The standard InChI is InChI=1S/C20H17N7/c21-19(22)12-5-7-15(8-6-12)26-27-18-16-10-13(17-2-1-9-24-17)3-4-14(16)11-25-20(18)23/h1-11,24H,(H3,21,22)(H2,23,25). The summed E-state index contributed by atoms with van der Waals surface area (Å²) in [6.45, 7) is 0. The third-order valence-electron chi connectivity index (χ3n) is 4.25. The van der Waals surface area contributed by atoms with Crippen LogP contribution in [0.25, 0.3) is 22.0 Å². The van der Waals surface area contributed by atoms with Gasteiger partial charge in [-0.05, 0) is 48.0 Å². The van der Waals surface area contributed by atoms with E-state index in [0.717, 1.165) is 22.0 Å². The molecule has 0 fully saturated rings. The van der Waals surface area contributed by atoms with Crippen LogP contribution in [0.4, 0.5) is 17.2 Å². The van der Waals surface area contributed by atoms with Gasteiger partial charge in [0.05, 0.1) is 5.69 Å². The van der Waals surface area contributed by atoms with E-state index < -0.39 is 0 Å². The number of fused-ring (bicyclic) bond motifs is 1. The summed E-state index contributed by atoms with van der Waals surface area (Å²) in [6.07, 6.45) is 3.61. The zero-order valence-corrected chi connectivity index (χ0v) is 14.3. The van der Waals surface area contributed by atoms with Gasteiger partial charge in [0.25, 0.3) is 0 Å². The number of H-pyrrole nitrogens is 1. The van der Waals surface area contributed by atoms with E-state index in [0.29, 0.717) is 22.8 Å². The van der Waals surface area contributed by atoms with Crippen LogP contribution in [0.2, 0.25) is 0 Å². The van der Waals surface area contributed by atoms with Crippen molar-refractivity contribution in [3.8, 4) is 11.3 Å². The predicted molar refractivity (Wildman–Crippen MR) is 108 cm³/mol. The SMILES string of the molecule is N=C(N)c1ccc(N=Nc2c(N)ncc3ccc(-c4ccc[nH]4)cc23)cc1. The van der Waals surface area contributed by atoms with Gasteiger partial charge in [-0.1, -0.05) is 12.1 Å². The Morgan fingerprint density at radius 3 is 2.56 bits per heavy atom. The first-order valence-corrected chi connectivity index (χ1v) is 8.30. The summed E-state index contributed by atoms with van der Waals surface area (Å²) < 4.78 is 0. The number of anilines is 1. The second-order valence-corrected chi connectivity index (χ2v) is 6.04. The highest BCUT2D eigenvalue weighted by Crippen LogP contribution is 2.34. The molecule has 0 saturated heterocycles. The van der Waals surface area contributed by atoms with Crippen LogP contribution in [0.1, 0.15) is 5.56 Å². The molecule has 7 nitrogen and oxygen atoms in total. The Bertz CT molecular complexity index is 1140. The number of aromatic amines is 1. The van der Waals surface area contributed by atoms with Gasteiger partial charge in [-0.25, -0.2) is 4.98 Å². The van der Waals surface area contributed by atoms with E-state index in [1.807, 2.05) is 36.5 Å². The number of nitrogens with two attached hydrogens (primary N) is 2. The molecule has 0 unspecified atom stereocenters. The van der Waals surface area contributed by atoms with Crippen molar-refractivity contribution in [1.82, 2.24) is 9.97 Å². The van der Waals surface area contributed by atoms with Crippen LogP contribution in [0.15, 0.2) is 77.2 Å². The minimum atomic E-state index is 0.0119. The second kappa shape index (κ2) is 6.72. The van der Waals surface area contributed by atoms with Crippen molar-refractivity contribution in [3.63, 3.8) is 0 Å². The molecule has 27 heavy (non-hydrogen) atoms. The van der Waals surface area contributed by atoms with Crippen LogP contribution in [0.5, 0.6) is 0 Å². The van der Waals surface area contributed by atoms with E-state index in [-0.39, 0.29) is 5.84 Å². The average Bonchev–Trinajstić information content (AvgIpc) is 3.22. The van der Waals surface area contributed by atoms with E-state index in [4.69, 9.17) is 16.9 Å². The molecule has 6 N–H and O–H groups in total. The van der Waals surface area contributed by atoms with Crippen LogP contribution in [-0.4, -0.2) is 15.8 Å². The van der Waals surface area contributed by atoms with E-state index in [1.165, 1.54) is 0 Å². The van der Waals surface area contributed by atoms with Gasteiger partial charge in [-0.2, -0.15) is 5.11 Å². The third kappa shape index (κ3) is 3.25. The fourth-order valence-electron chi connectivity index (χ4n) is 2.81. The van der Waals surface area contributed by atoms with Gasteiger partial charge in [-0.15, -0.1) is 5.11 Å². The number of rotatable bonds is 4. The highest BCUT2D eigenvalue weighted by atomic mass is 15.1. The minimum Gasteiger partial charge on any atom is -0.384 e. The predicted octanol–water partition coefficient (Wildman–Crippen LogP) is 4.51. The van der Waals surface area contributed by atoms with Crippen molar-refractivity contribution in [2.45, 2.75) is 0 Å². The highest BCUT2D eigenvalue weighted by molar-refractivity contribution is 5.98. The van der Waals surface area contributed by atoms with Gasteiger partial charge in [0, 0.05) is 34.4 Å². The Morgan fingerprint density at radius 1 is 1.04 bits per heavy atom. The minimum absolute atomic E-state index is 0.0119. The normalized spacial score (nSPS) is 11.3. The van der Waals surface area contributed by atoms with Gasteiger partial charge in [0.1, 0.15) is 11.5 Å². The van der Waals surface area contributed by atoms with E-state index >= 15 is 0 Å². The molecule has 0 saturated carbocycles. The third-order valence-corrected chi connectivity index (χ3v) is 4.25. The van der Waals surface area contributed by atoms with Gasteiger partial charge in [-0.3, -0.25) is 5.41 Å². The maximum atomic E-state index is 7.44. The number of hydrogen-bond acceptors (Lipinski definition) is 5. The van der Waals surface area contributed by atoms with E-state index in [9.17, 15) is 0 Å². The van der Waals surface area contributed by atoms with Gasteiger partial charge in [0.2, 0.25) is 0 Å². The number of amidine groups is 1. The summed E-state index contributed by atoms with van der Waals surface area (Å²) in [4.78, 5) is 7.42. The number of pyridine rings is 1. The molecule has 7 heteroatoms. The van der Waals surface area contributed by atoms with Crippen molar-refractivity contribution in [1.29, 1.82) is 5.41 Å². The molecule has 0 radical (unpaired) electrons. The van der Waals surface area contributed by atoms with Crippen molar-refractivity contribution >= 4 is 33.8 Å². The summed E-state index contributed by atoms with van der Waals surface area (Å²) in [5.41, 5.74) is 15.4. The quantitative estimate of drug-likeness (QED) is 0.244. The summed E-state index contributed by atoms with van der Waals surface area (Å²) in [6, 6.07) is 16.9. The van der Waals surface area contributed by atoms with Crippen LogP contribution >= 0.6 is 0 Å². The molecule has 4 aromatic rings. The maximum absolute atomic E-state index is 7.44. The van der Waals surface area contributed by atoms with Crippen LogP contribution < -0.4 is 11.5 Å². The molecule has 0 atom stereocenters. The first kappa shape index (κ1) is 16.5. The summed E-state index contributed by atoms with van der Waals surface area (Å²) in [5.74, 6) is 0.327. The lowest BCUT2D eigenvalue weighted by Gasteiger charge is -2.06. The lowest BCUT2D eigenvalue weighted by molar-refractivity contribution is 1.22. The average molecular weight is 355 g/mol. The Labute approximate surface area is 155 Å². The molecule has 0 amide bonds. The molecular weight excluding hydrogens is 338 g/mol. The molecule has 2 aromatic heterocycles. The number of nitrogens with zero attached hydrogens (tertiary/aromatic N) is 3. The van der Waals surface area contributed by atoms with E-state index in [2.05, 4.69) is 20.2 Å². The monoisotopic (exact) mass is 355 g/mol. The summed E-state index contributed by atoms with van der Waals surface area (Å²) in [5, 5.41) is 17.9. The molecule has 4 rings (SSSR count). The van der Waals surface area contributed by atoms with Gasteiger partial charge < -0.3 is 16.5 Å². The molecule has 0 aliphatic rings. The largest absolute Gasteiger partial charge is 0.384 e. The van der Waals surface area contributed by atoms with Crippen LogP contribution in [-0.2, 0) is 0 Å². The Morgan fingerprint density at radius 2 is 1.85 bits per heavy atom. The van der Waals surface area contributed by atoms with E-state index in [1.54, 1.807) is 30.5 Å². The van der Waals surface area contributed by atoms with Crippen LogP contribution in [0, 0.1) is 5.41 Å². The molecule has 2 heterocycles. The lowest BCUT2D eigenvalue weighted by Crippen LogP contribution is -2.10. The smallest absolute Gasteiger partial charge is 0.151 e. The van der Waals surface area contributed by atoms with Crippen molar-refractivity contribution in [2.24, 2.45) is 16.0 Å². The topological polar surface area (TPSA) is 129 Å². The number of benzene rings is 2. The van der Waals surface area contributed by atoms with Gasteiger partial charge in [0.15, 0.2) is 5.82 Å². The van der Waals surface area contributed by atoms with Crippen molar-refractivity contribution in [2.75, 3.05) is 5.73 Å². The van der Waals surface area contributed by atoms with Crippen molar-refractivity contribution < 1.29 is 0 Å². The number of aromatic nitrogens is 2. The Kier molecular flexibility index (Phi) is 4.10. The summed E-state index contributed by atoms with van der Waals surface area (Å²) >= 11 is 0. The Balaban J connectivity index is 1.76. The zero-order valence-electron chi connectivity index (χ0n) is 14.3. The molecule has 2 aromatic carbocycles. The molecule has 0 aliphatic heterocycles. The molecule has 132 valence electrons. The Hall–Kier alpha value is -4.00. The molecular formula is C20H17N7. The fourth-order valence-corrected chi connectivity index (χ4v) is 2.81. The lowest BCUT2D eigenvalue weighted by atomic mass is 10.1. The van der Waals surface area contributed by atoms with Crippen molar-refractivity contribution in [3.05, 3.63) is 72.6 Å². The second-order valence-electron chi connectivity index (χ2n) is 6.04. The molecule has 0 bridgehead atoms.